The minimum absolute atomic E-state index is 0.0349. The van der Waals surface area contributed by atoms with Gasteiger partial charge in [-0.15, -0.1) is 0 Å². The second-order valence-electron chi connectivity index (χ2n) is 6.86. The Morgan fingerprint density at radius 1 is 1.12 bits per heavy atom. The van der Waals surface area contributed by atoms with Crippen LogP contribution < -0.4 is 10.6 Å². The molecule has 3 aromatic rings. The highest BCUT2D eigenvalue weighted by Gasteiger charge is 2.14. The van der Waals surface area contributed by atoms with Gasteiger partial charge in [0, 0.05) is 35.9 Å². The summed E-state index contributed by atoms with van der Waals surface area (Å²) >= 11 is 0. The molecule has 0 saturated heterocycles. The maximum atomic E-state index is 12.4. The average Bonchev–Trinajstić information content (AvgIpc) is 2.90. The first-order chi connectivity index (χ1) is 12.5. The minimum atomic E-state index is 0.0349. The lowest BCUT2D eigenvalue weighted by Crippen LogP contribution is -2.30. The number of rotatable bonds is 6. The van der Waals surface area contributed by atoms with Crippen molar-refractivity contribution in [1.82, 2.24) is 15.3 Å². The van der Waals surface area contributed by atoms with E-state index >= 15 is 0 Å². The number of H-pyrrole nitrogens is 1. The number of aryl methyl sites for hydroxylation is 4. The van der Waals surface area contributed by atoms with E-state index in [1.165, 1.54) is 11.1 Å². The predicted octanol–water partition coefficient (Wildman–Crippen LogP) is 3.57. The van der Waals surface area contributed by atoms with Crippen LogP contribution in [0.5, 0.6) is 0 Å². The third-order valence-corrected chi connectivity index (χ3v) is 4.66. The number of anilines is 1. The van der Waals surface area contributed by atoms with Crippen molar-refractivity contribution in [3.8, 4) is 0 Å². The fourth-order valence-corrected chi connectivity index (χ4v) is 3.34. The van der Waals surface area contributed by atoms with Gasteiger partial charge in [-0.3, -0.25) is 4.79 Å². The lowest BCUT2D eigenvalue weighted by Gasteiger charge is -2.09. The van der Waals surface area contributed by atoms with E-state index < -0.39 is 0 Å². The number of fused-ring (bicyclic) bond motifs is 1. The fourth-order valence-electron chi connectivity index (χ4n) is 3.34. The van der Waals surface area contributed by atoms with Crippen LogP contribution in [0.25, 0.3) is 10.9 Å². The molecule has 0 aliphatic carbocycles. The smallest absolute Gasteiger partial charge is 0.224 e. The number of nitrogens with one attached hydrogen (secondary N) is 3. The Labute approximate surface area is 154 Å². The Bertz CT molecular complexity index is 943. The molecular formula is C21H26N4O. The van der Waals surface area contributed by atoms with E-state index in [0.29, 0.717) is 19.5 Å². The first-order valence-corrected chi connectivity index (χ1v) is 8.96. The van der Waals surface area contributed by atoms with Crippen LogP contribution in [0.3, 0.4) is 0 Å². The maximum Gasteiger partial charge on any atom is 0.224 e. The summed E-state index contributed by atoms with van der Waals surface area (Å²) in [5.74, 6) is 0.896. The van der Waals surface area contributed by atoms with E-state index in [1.54, 1.807) is 6.20 Å². The molecule has 1 amide bonds. The number of nitrogens with zero attached hydrogens (tertiary/aromatic N) is 1. The number of carbonyl (C=O) groups is 1. The standard InChI is InChI=1S/C21H26N4O/c1-13-10-15(3)20-18(11-13)17(16(4)25-20)12-19(26)22-8-9-24-21-14(2)6-5-7-23-21/h5-7,10-11,25H,8-9,12H2,1-4H3,(H,22,26)(H,23,24). The molecule has 0 aliphatic heterocycles. The molecule has 1 aromatic carbocycles. The molecule has 0 fully saturated rings. The molecule has 3 rings (SSSR count). The van der Waals surface area contributed by atoms with E-state index in [-0.39, 0.29) is 5.91 Å². The van der Waals surface area contributed by atoms with Crippen molar-refractivity contribution in [3.63, 3.8) is 0 Å². The first-order valence-electron chi connectivity index (χ1n) is 8.96. The summed E-state index contributed by atoms with van der Waals surface area (Å²) in [6, 6.07) is 8.24. The molecule has 3 N–H and O–H groups in total. The van der Waals surface area contributed by atoms with Crippen LogP contribution in [-0.2, 0) is 11.2 Å². The topological polar surface area (TPSA) is 69.8 Å². The zero-order valence-corrected chi connectivity index (χ0v) is 15.9. The highest BCUT2D eigenvalue weighted by atomic mass is 16.1. The molecule has 0 atom stereocenters. The van der Waals surface area contributed by atoms with Gasteiger partial charge in [0.25, 0.3) is 0 Å². The van der Waals surface area contributed by atoms with Crippen LogP contribution in [0.4, 0.5) is 5.82 Å². The quantitative estimate of drug-likeness (QED) is 0.595. The van der Waals surface area contributed by atoms with Crippen LogP contribution in [0.15, 0.2) is 30.5 Å². The van der Waals surface area contributed by atoms with Gasteiger partial charge < -0.3 is 15.6 Å². The van der Waals surface area contributed by atoms with Crippen molar-refractivity contribution in [2.45, 2.75) is 34.1 Å². The van der Waals surface area contributed by atoms with Gasteiger partial charge in [-0.2, -0.15) is 0 Å². The number of aromatic amines is 1. The van der Waals surface area contributed by atoms with Gasteiger partial charge in [-0.25, -0.2) is 4.98 Å². The zero-order valence-electron chi connectivity index (χ0n) is 15.9. The second kappa shape index (κ2) is 7.60. The van der Waals surface area contributed by atoms with Crippen molar-refractivity contribution >= 4 is 22.6 Å². The van der Waals surface area contributed by atoms with Crippen LogP contribution in [0, 0.1) is 27.7 Å². The molecule has 136 valence electrons. The average molecular weight is 350 g/mol. The number of hydrogen-bond acceptors (Lipinski definition) is 3. The lowest BCUT2D eigenvalue weighted by molar-refractivity contribution is -0.120. The van der Waals surface area contributed by atoms with Crippen molar-refractivity contribution in [1.29, 1.82) is 0 Å². The van der Waals surface area contributed by atoms with Crippen molar-refractivity contribution in [2.75, 3.05) is 18.4 Å². The zero-order chi connectivity index (χ0) is 18.7. The van der Waals surface area contributed by atoms with Crippen molar-refractivity contribution in [2.24, 2.45) is 0 Å². The van der Waals surface area contributed by atoms with E-state index in [4.69, 9.17) is 0 Å². The number of aromatic nitrogens is 2. The number of carbonyl (C=O) groups excluding carboxylic acids is 1. The Hall–Kier alpha value is -2.82. The summed E-state index contributed by atoms with van der Waals surface area (Å²) < 4.78 is 0. The van der Waals surface area contributed by atoms with E-state index in [1.807, 2.05) is 26.0 Å². The Balaban J connectivity index is 1.59. The van der Waals surface area contributed by atoms with Crippen molar-refractivity contribution < 1.29 is 4.79 Å². The largest absolute Gasteiger partial charge is 0.368 e. The first kappa shape index (κ1) is 18.0. The Kier molecular flexibility index (Phi) is 5.26. The highest BCUT2D eigenvalue weighted by Crippen LogP contribution is 2.26. The fraction of sp³-hybridized carbons (Fsp3) is 0.333. The second-order valence-corrected chi connectivity index (χ2v) is 6.86. The third-order valence-electron chi connectivity index (χ3n) is 4.66. The lowest BCUT2D eigenvalue weighted by atomic mass is 10.0. The van der Waals surface area contributed by atoms with Crippen LogP contribution in [0.2, 0.25) is 0 Å². The molecular weight excluding hydrogens is 324 g/mol. The minimum Gasteiger partial charge on any atom is -0.368 e. The highest BCUT2D eigenvalue weighted by molar-refractivity contribution is 5.92. The molecule has 26 heavy (non-hydrogen) atoms. The van der Waals surface area contributed by atoms with E-state index in [0.717, 1.165) is 33.5 Å². The molecule has 2 aromatic heterocycles. The summed E-state index contributed by atoms with van der Waals surface area (Å²) in [6.45, 7) is 9.44. The molecule has 0 bridgehead atoms. The van der Waals surface area contributed by atoms with Crippen LogP contribution >= 0.6 is 0 Å². The van der Waals surface area contributed by atoms with Gasteiger partial charge in [0.2, 0.25) is 5.91 Å². The molecule has 0 spiro atoms. The van der Waals surface area contributed by atoms with Crippen LogP contribution in [-0.4, -0.2) is 29.0 Å². The summed E-state index contributed by atoms with van der Waals surface area (Å²) in [4.78, 5) is 20.1. The molecule has 0 unspecified atom stereocenters. The number of pyridine rings is 1. The van der Waals surface area contributed by atoms with Gasteiger partial charge in [0.15, 0.2) is 0 Å². The van der Waals surface area contributed by atoms with Crippen molar-refractivity contribution in [3.05, 3.63) is 58.4 Å². The predicted molar refractivity (Wildman–Crippen MR) is 107 cm³/mol. The third kappa shape index (κ3) is 3.87. The van der Waals surface area contributed by atoms with Gasteiger partial charge in [-0.1, -0.05) is 17.7 Å². The summed E-state index contributed by atoms with van der Waals surface area (Å²) in [5.41, 5.74) is 6.79. The molecule has 0 aliphatic rings. The normalized spacial score (nSPS) is 10.9. The van der Waals surface area contributed by atoms with Gasteiger partial charge >= 0.3 is 0 Å². The van der Waals surface area contributed by atoms with Gasteiger partial charge in [-0.05, 0) is 56.5 Å². The summed E-state index contributed by atoms with van der Waals surface area (Å²) in [5, 5.41) is 7.39. The molecule has 2 heterocycles. The number of hydrogen-bond donors (Lipinski definition) is 3. The van der Waals surface area contributed by atoms with E-state index in [2.05, 4.69) is 46.6 Å². The summed E-state index contributed by atoms with van der Waals surface area (Å²) in [6.07, 6.45) is 2.15. The Morgan fingerprint density at radius 2 is 1.92 bits per heavy atom. The molecule has 0 radical (unpaired) electrons. The molecule has 5 nitrogen and oxygen atoms in total. The summed E-state index contributed by atoms with van der Waals surface area (Å²) in [7, 11) is 0. The van der Waals surface area contributed by atoms with Crippen LogP contribution in [0.1, 0.15) is 27.9 Å². The monoisotopic (exact) mass is 350 g/mol. The Morgan fingerprint density at radius 3 is 2.69 bits per heavy atom. The van der Waals surface area contributed by atoms with E-state index in [9.17, 15) is 4.79 Å². The molecule has 0 saturated carbocycles. The number of amides is 1. The maximum absolute atomic E-state index is 12.4. The van der Waals surface area contributed by atoms with Gasteiger partial charge in [0.1, 0.15) is 5.82 Å². The SMILES string of the molecule is Cc1cc(C)c2[nH]c(C)c(CC(=O)NCCNc3ncccc3C)c2c1. The molecule has 5 heteroatoms. The number of benzene rings is 1. The van der Waals surface area contributed by atoms with Gasteiger partial charge in [0.05, 0.1) is 6.42 Å².